The number of esters is 1. The third-order valence-electron chi connectivity index (χ3n) is 3.62. The fraction of sp³-hybridized carbons (Fsp3) is 0. The van der Waals surface area contributed by atoms with Crippen LogP contribution in [-0.4, -0.2) is 16.9 Å². The number of nitrogens with zero attached hydrogens (tertiary/aromatic N) is 2. The molecule has 4 rings (SSSR count). The minimum Gasteiger partial charge on any atom is -0.402 e. The molecule has 0 saturated heterocycles. The van der Waals surface area contributed by atoms with E-state index < -0.39 is 11.8 Å². The molecule has 7 heteroatoms. The zero-order chi connectivity index (χ0) is 18.1. The highest BCUT2D eigenvalue weighted by atomic mass is 35.5. The Morgan fingerprint density at radius 3 is 2.65 bits per heavy atom. The van der Waals surface area contributed by atoms with Gasteiger partial charge < -0.3 is 4.74 Å². The predicted octanol–water partition coefficient (Wildman–Crippen LogP) is 4.95. The molecule has 0 fully saturated rings. The molecule has 3 aromatic rings. The van der Waals surface area contributed by atoms with E-state index in [2.05, 4.69) is 9.98 Å². The molecule has 0 spiro atoms. The Kier molecular flexibility index (Phi) is 4.36. The van der Waals surface area contributed by atoms with Crippen LogP contribution in [0.2, 0.25) is 5.02 Å². The van der Waals surface area contributed by atoms with E-state index in [1.165, 1.54) is 29.5 Å². The first-order chi connectivity index (χ1) is 12.6. The van der Waals surface area contributed by atoms with Gasteiger partial charge in [-0.2, -0.15) is 0 Å². The quantitative estimate of drug-likeness (QED) is 0.474. The van der Waals surface area contributed by atoms with E-state index in [4.69, 9.17) is 16.3 Å². The maximum Gasteiger partial charge on any atom is 0.363 e. The van der Waals surface area contributed by atoms with Crippen molar-refractivity contribution >= 4 is 40.9 Å². The van der Waals surface area contributed by atoms with Crippen LogP contribution in [0.15, 0.2) is 64.6 Å². The van der Waals surface area contributed by atoms with Gasteiger partial charge in [0.2, 0.25) is 5.90 Å². The molecule has 1 aliphatic rings. The minimum atomic E-state index is -0.635. The van der Waals surface area contributed by atoms with Crippen molar-refractivity contribution in [1.29, 1.82) is 0 Å². The topological polar surface area (TPSA) is 51.5 Å². The molecular weight excluding hydrogens is 375 g/mol. The molecule has 0 aliphatic carbocycles. The standard InChI is InChI=1S/C19H10ClFN2O2S/c20-12-7-5-11(6-8-12)18-22-13(10-26-18)9-16-19(24)25-17(23-16)14-3-1-2-4-15(14)21/h1-10H/b16-9-. The van der Waals surface area contributed by atoms with Gasteiger partial charge in [-0.25, -0.2) is 19.2 Å². The maximum absolute atomic E-state index is 13.8. The normalized spacial score (nSPS) is 15.2. The van der Waals surface area contributed by atoms with Gasteiger partial charge in [-0.05, 0) is 30.3 Å². The third-order valence-corrected chi connectivity index (χ3v) is 4.78. The Morgan fingerprint density at radius 1 is 1.12 bits per heavy atom. The van der Waals surface area contributed by atoms with Crippen molar-refractivity contribution in [2.45, 2.75) is 0 Å². The summed E-state index contributed by atoms with van der Waals surface area (Å²) in [5, 5.41) is 3.25. The van der Waals surface area contributed by atoms with Crippen LogP contribution in [0.5, 0.6) is 0 Å². The van der Waals surface area contributed by atoms with Crippen molar-refractivity contribution in [1.82, 2.24) is 4.98 Å². The first-order valence-electron chi connectivity index (χ1n) is 7.59. The van der Waals surface area contributed by atoms with Gasteiger partial charge in [0, 0.05) is 16.0 Å². The van der Waals surface area contributed by atoms with Gasteiger partial charge >= 0.3 is 5.97 Å². The van der Waals surface area contributed by atoms with Gasteiger partial charge in [0.15, 0.2) is 5.70 Å². The smallest absolute Gasteiger partial charge is 0.363 e. The SMILES string of the molecule is O=C1OC(c2ccccc2F)=N/C1=C\c1csc(-c2ccc(Cl)cc2)n1. The summed E-state index contributed by atoms with van der Waals surface area (Å²) in [5.41, 5.74) is 1.72. The zero-order valence-electron chi connectivity index (χ0n) is 13.1. The van der Waals surface area contributed by atoms with E-state index in [0.717, 1.165) is 10.6 Å². The highest BCUT2D eigenvalue weighted by Gasteiger charge is 2.26. The molecule has 1 aliphatic heterocycles. The van der Waals surface area contributed by atoms with Crippen LogP contribution >= 0.6 is 22.9 Å². The van der Waals surface area contributed by atoms with E-state index >= 15 is 0 Å². The van der Waals surface area contributed by atoms with E-state index in [1.807, 2.05) is 12.1 Å². The van der Waals surface area contributed by atoms with Crippen molar-refractivity contribution in [2.24, 2.45) is 4.99 Å². The average Bonchev–Trinajstić information content (AvgIpc) is 3.24. The molecule has 0 radical (unpaired) electrons. The number of rotatable bonds is 3. The molecule has 2 heterocycles. The maximum atomic E-state index is 13.8. The van der Waals surface area contributed by atoms with E-state index in [-0.39, 0.29) is 17.2 Å². The van der Waals surface area contributed by atoms with Gasteiger partial charge in [-0.3, -0.25) is 0 Å². The van der Waals surface area contributed by atoms with Crippen molar-refractivity contribution in [3.63, 3.8) is 0 Å². The number of carbonyl (C=O) groups excluding carboxylic acids is 1. The number of thiazole rings is 1. The van der Waals surface area contributed by atoms with Crippen LogP contribution in [0.3, 0.4) is 0 Å². The number of hydrogen-bond donors (Lipinski definition) is 0. The second-order valence-electron chi connectivity index (χ2n) is 5.40. The summed E-state index contributed by atoms with van der Waals surface area (Å²) in [4.78, 5) is 20.6. The minimum absolute atomic E-state index is 0.0486. The molecule has 0 unspecified atom stereocenters. The first-order valence-corrected chi connectivity index (χ1v) is 8.85. The van der Waals surface area contributed by atoms with Crippen LogP contribution in [0.25, 0.3) is 16.6 Å². The van der Waals surface area contributed by atoms with Gasteiger partial charge in [0.1, 0.15) is 10.8 Å². The number of ether oxygens (including phenoxy) is 1. The Hall–Kier alpha value is -2.83. The molecule has 2 aromatic carbocycles. The lowest BCUT2D eigenvalue weighted by Crippen LogP contribution is -2.07. The second-order valence-corrected chi connectivity index (χ2v) is 6.69. The molecule has 0 atom stereocenters. The lowest BCUT2D eigenvalue weighted by molar-refractivity contribution is -0.129. The molecule has 26 heavy (non-hydrogen) atoms. The average molecular weight is 385 g/mol. The molecule has 0 amide bonds. The van der Waals surface area contributed by atoms with Gasteiger partial charge in [0.25, 0.3) is 0 Å². The summed E-state index contributed by atoms with van der Waals surface area (Å²) in [6.45, 7) is 0. The van der Waals surface area contributed by atoms with Crippen molar-refractivity contribution < 1.29 is 13.9 Å². The molecule has 0 bridgehead atoms. The van der Waals surface area contributed by atoms with Gasteiger partial charge in [-0.15, -0.1) is 11.3 Å². The predicted molar refractivity (Wildman–Crippen MR) is 99.6 cm³/mol. The van der Waals surface area contributed by atoms with Crippen molar-refractivity contribution in [3.8, 4) is 10.6 Å². The fourth-order valence-corrected chi connectivity index (χ4v) is 3.29. The summed E-state index contributed by atoms with van der Waals surface area (Å²) in [5.74, 6) is -1.18. The van der Waals surface area contributed by atoms with E-state index in [9.17, 15) is 9.18 Å². The monoisotopic (exact) mass is 384 g/mol. The number of aliphatic imine (C=N–C) groups is 1. The number of halogens is 2. The largest absolute Gasteiger partial charge is 0.402 e. The first kappa shape index (κ1) is 16.6. The molecule has 1 aromatic heterocycles. The van der Waals surface area contributed by atoms with E-state index in [0.29, 0.717) is 10.7 Å². The number of aromatic nitrogens is 1. The van der Waals surface area contributed by atoms with Gasteiger partial charge in [0.05, 0.1) is 11.3 Å². The summed E-state index contributed by atoms with van der Waals surface area (Å²) in [7, 11) is 0. The lowest BCUT2D eigenvalue weighted by Gasteiger charge is -1.99. The number of benzene rings is 2. The highest BCUT2D eigenvalue weighted by molar-refractivity contribution is 7.13. The van der Waals surface area contributed by atoms with Crippen LogP contribution in [0.1, 0.15) is 11.3 Å². The second kappa shape index (κ2) is 6.82. The van der Waals surface area contributed by atoms with Crippen LogP contribution < -0.4 is 0 Å². The molecule has 0 N–H and O–H groups in total. The Balaban J connectivity index is 1.63. The number of hydrogen-bond acceptors (Lipinski definition) is 5. The molecule has 128 valence electrons. The summed E-state index contributed by atoms with van der Waals surface area (Å²) >= 11 is 7.32. The Bertz CT molecular complexity index is 1060. The van der Waals surface area contributed by atoms with Crippen molar-refractivity contribution in [3.05, 3.63) is 81.7 Å². The third kappa shape index (κ3) is 3.29. The summed E-state index contributed by atoms with van der Waals surface area (Å²) in [6.07, 6.45) is 1.52. The van der Waals surface area contributed by atoms with Gasteiger partial charge in [-0.1, -0.05) is 35.9 Å². The van der Waals surface area contributed by atoms with Crippen molar-refractivity contribution in [2.75, 3.05) is 0 Å². The van der Waals surface area contributed by atoms with E-state index in [1.54, 1.807) is 29.6 Å². The molecule has 0 saturated carbocycles. The molecule has 4 nitrogen and oxygen atoms in total. The van der Waals surface area contributed by atoms with Crippen LogP contribution in [0.4, 0.5) is 4.39 Å². The van der Waals surface area contributed by atoms with Crippen LogP contribution in [0, 0.1) is 5.82 Å². The summed E-state index contributed by atoms with van der Waals surface area (Å²) in [6, 6.07) is 13.3. The lowest BCUT2D eigenvalue weighted by atomic mass is 10.2. The Labute approximate surface area is 157 Å². The molecular formula is C19H10ClFN2O2S. The Morgan fingerprint density at radius 2 is 1.88 bits per heavy atom. The number of carbonyl (C=O) groups is 1. The van der Waals surface area contributed by atoms with Crippen LogP contribution in [-0.2, 0) is 9.53 Å². The zero-order valence-corrected chi connectivity index (χ0v) is 14.7. The number of cyclic esters (lactones) is 1. The fourth-order valence-electron chi connectivity index (χ4n) is 2.38. The summed E-state index contributed by atoms with van der Waals surface area (Å²) < 4.78 is 18.9. The highest BCUT2D eigenvalue weighted by Crippen LogP contribution is 2.27.